The molecule has 0 atom stereocenters. The first-order valence-electron chi connectivity index (χ1n) is 5.72. The first-order chi connectivity index (χ1) is 8.19. The minimum atomic E-state index is -0.877. The van der Waals surface area contributed by atoms with Crippen molar-refractivity contribution in [2.24, 2.45) is 0 Å². The summed E-state index contributed by atoms with van der Waals surface area (Å²) in [7, 11) is 3.22. The van der Waals surface area contributed by atoms with Crippen LogP contribution >= 0.6 is 0 Å². The van der Waals surface area contributed by atoms with Gasteiger partial charge in [0.2, 0.25) is 0 Å². The normalized spacial score (nSPS) is 18.8. The molecule has 1 aromatic carbocycles. The second-order valence-corrected chi connectivity index (χ2v) is 4.21. The molecule has 1 heterocycles. The maximum atomic E-state index is 10.7. The van der Waals surface area contributed by atoms with E-state index in [0.717, 1.165) is 11.3 Å². The number of ether oxygens (including phenoxy) is 3. The van der Waals surface area contributed by atoms with Crippen molar-refractivity contribution in [3.63, 3.8) is 0 Å². The van der Waals surface area contributed by atoms with Gasteiger partial charge in [0.15, 0.2) is 0 Å². The Morgan fingerprint density at radius 2 is 1.88 bits per heavy atom. The van der Waals surface area contributed by atoms with E-state index < -0.39 is 5.60 Å². The zero-order chi connectivity index (χ0) is 12.3. The molecule has 4 nitrogen and oxygen atoms in total. The van der Waals surface area contributed by atoms with Gasteiger partial charge in [-0.2, -0.15) is 0 Å². The third-order valence-corrected chi connectivity index (χ3v) is 3.23. The lowest BCUT2D eigenvalue weighted by molar-refractivity contribution is -0.0690. The number of methoxy groups -OCH3 is 2. The van der Waals surface area contributed by atoms with Crippen LogP contribution in [0.1, 0.15) is 18.4 Å². The minimum Gasteiger partial charge on any atom is -0.497 e. The van der Waals surface area contributed by atoms with Gasteiger partial charge in [-0.25, -0.2) is 0 Å². The number of aliphatic hydroxyl groups is 1. The summed E-state index contributed by atoms with van der Waals surface area (Å²) >= 11 is 0. The highest BCUT2D eigenvalue weighted by Gasteiger charge is 2.34. The van der Waals surface area contributed by atoms with Crippen LogP contribution in [0.3, 0.4) is 0 Å². The predicted octanol–water partition coefficient (Wildman–Crippen LogP) is 1.70. The van der Waals surface area contributed by atoms with Crippen molar-refractivity contribution in [1.29, 1.82) is 0 Å². The van der Waals surface area contributed by atoms with Crippen LogP contribution in [0.4, 0.5) is 0 Å². The van der Waals surface area contributed by atoms with E-state index >= 15 is 0 Å². The molecule has 0 bridgehead atoms. The molecule has 0 radical (unpaired) electrons. The lowest BCUT2D eigenvalue weighted by Gasteiger charge is -2.33. The Bertz CT molecular complexity index is 383. The van der Waals surface area contributed by atoms with Crippen molar-refractivity contribution in [3.05, 3.63) is 23.8 Å². The smallest absolute Gasteiger partial charge is 0.125 e. The number of hydrogen-bond donors (Lipinski definition) is 1. The molecule has 1 fully saturated rings. The van der Waals surface area contributed by atoms with Crippen molar-refractivity contribution >= 4 is 0 Å². The quantitative estimate of drug-likeness (QED) is 0.870. The Kier molecular flexibility index (Phi) is 3.54. The van der Waals surface area contributed by atoms with E-state index in [2.05, 4.69) is 0 Å². The van der Waals surface area contributed by atoms with Crippen molar-refractivity contribution in [2.45, 2.75) is 18.4 Å². The van der Waals surface area contributed by atoms with Gasteiger partial charge in [0.25, 0.3) is 0 Å². The average molecular weight is 238 g/mol. The average Bonchev–Trinajstić information content (AvgIpc) is 2.39. The molecule has 0 amide bonds. The van der Waals surface area contributed by atoms with Gasteiger partial charge in [-0.3, -0.25) is 0 Å². The second-order valence-electron chi connectivity index (χ2n) is 4.21. The van der Waals surface area contributed by atoms with Crippen LogP contribution in [0.25, 0.3) is 0 Å². The van der Waals surface area contributed by atoms with Crippen molar-refractivity contribution in [1.82, 2.24) is 0 Å². The third kappa shape index (κ3) is 2.37. The largest absolute Gasteiger partial charge is 0.497 e. The summed E-state index contributed by atoms with van der Waals surface area (Å²) in [5, 5.41) is 10.7. The third-order valence-electron chi connectivity index (χ3n) is 3.23. The Balaban J connectivity index is 2.40. The molecule has 1 aliphatic rings. The van der Waals surface area contributed by atoms with Crippen LogP contribution in [0, 0.1) is 0 Å². The maximum absolute atomic E-state index is 10.7. The lowest BCUT2D eigenvalue weighted by Crippen LogP contribution is -2.33. The van der Waals surface area contributed by atoms with Crippen LogP contribution in [0.5, 0.6) is 11.5 Å². The van der Waals surface area contributed by atoms with Crippen LogP contribution in [-0.2, 0) is 10.3 Å². The van der Waals surface area contributed by atoms with Crippen molar-refractivity contribution in [3.8, 4) is 11.5 Å². The van der Waals surface area contributed by atoms with E-state index in [9.17, 15) is 5.11 Å². The summed E-state index contributed by atoms with van der Waals surface area (Å²) in [5.41, 5.74) is -0.0966. The van der Waals surface area contributed by atoms with Gasteiger partial charge in [0.05, 0.1) is 19.8 Å². The zero-order valence-corrected chi connectivity index (χ0v) is 10.2. The molecule has 0 saturated carbocycles. The van der Waals surface area contributed by atoms with Gasteiger partial charge in [0, 0.05) is 31.6 Å². The zero-order valence-electron chi connectivity index (χ0n) is 10.2. The Morgan fingerprint density at radius 3 is 2.47 bits per heavy atom. The Labute approximate surface area is 101 Å². The van der Waals surface area contributed by atoms with Crippen LogP contribution in [-0.4, -0.2) is 32.5 Å². The highest BCUT2D eigenvalue weighted by atomic mass is 16.5. The molecule has 17 heavy (non-hydrogen) atoms. The van der Waals surface area contributed by atoms with Gasteiger partial charge in [-0.1, -0.05) is 0 Å². The van der Waals surface area contributed by atoms with Crippen LogP contribution in [0.15, 0.2) is 18.2 Å². The molecule has 0 unspecified atom stereocenters. The molecule has 0 aliphatic carbocycles. The first kappa shape index (κ1) is 12.2. The summed E-state index contributed by atoms with van der Waals surface area (Å²) in [6.45, 7) is 1.13. The number of rotatable bonds is 3. The molecule has 0 spiro atoms. The first-order valence-corrected chi connectivity index (χ1v) is 5.72. The SMILES string of the molecule is COc1ccc(OC)c(C2(O)CCOCC2)c1. The molecule has 2 rings (SSSR count). The lowest BCUT2D eigenvalue weighted by atomic mass is 9.85. The van der Waals surface area contributed by atoms with E-state index in [1.54, 1.807) is 14.2 Å². The minimum absolute atomic E-state index is 0.566. The van der Waals surface area contributed by atoms with Gasteiger partial charge in [0.1, 0.15) is 11.5 Å². The molecule has 94 valence electrons. The highest BCUT2D eigenvalue weighted by Crippen LogP contribution is 2.39. The fraction of sp³-hybridized carbons (Fsp3) is 0.538. The monoisotopic (exact) mass is 238 g/mol. The van der Waals surface area contributed by atoms with E-state index in [1.807, 2.05) is 18.2 Å². The molecular weight excluding hydrogens is 220 g/mol. The molecule has 4 heteroatoms. The summed E-state index contributed by atoms with van der Waals surface area (Å²) in [6.07, 6.45) is 1.16. The van der Waals surface area contributed by atoms with E-state index in [4.69, 9.17) is 14.2 Å². The highest BCUT2D eigenvalue weighted by molar-refractivity contribution is 5.44. The summed E-state index contributed by atoms with van der Waals surface area (Å²) in [6, 6.07) is 5.48. The molecule has 1 saturated heterocycles. The fourth-order valence-corrected chi connectivity index (χ4v) is 2.16. The summed E-state index contributed by atoms with van der Waals surface area (Å²) in [5.74, 6) is 1.41. The van der Waals surface area contributed by atoms with E-state index in [1.165, 1.54) is 0 Å². The Morgan fingerprint density at radius 1 is 1.18 bits per heavy atom. The molecule has 1 aliphatic heterocycles. The topological polar surface area (TPSA) is 47.9 Å². The van der Waals surface area contributed by atoms with Crippen molar-refractivity contribution in [2.75, 3.05) is 27.4 Å². The van der Waals surface area contributed by atoms with Gasteiger partial charge < -0.3 is 19.3 Å². The molecular formula is C13H18O4. The van der Waals surface area contributed by atoms with Gasteiger partial charge in [-0.05, 0) is 18.2 Å². The number of hydrogen-bond acceptors (Lipinski definition) is 4. The van der Waals surface area contributed by atoms with Crippen molar-refractivity contribution < 1.29 is 19.3 Å². The van der Waals surface area contributed by atoms with Crippen LogP contribution < -0.4 is 9.47 Å². The number of benzene rings is 1. The summed E-state index contributed by atoms with van der Waals surface area (Å²) < 4.78 is 15.8. The standard InChI is InChI=1S/C13H18O4/c1-15-10-3-4-12(16-2)11(9-10)13(14)5-7-17-8-6-13/h3-4,9,14H,5-8H2,1-2H3. The van der Waals surface area contributed by atoms with E-state index in [-0.39, 0.29) is 0 Å². The maximum Gasteiger partial charge on any atom is 0.125 e. The fourth-order valence-electron chi connectivity index (χ4n) is 2.16. The van der Waals surface area contributed by atoms with E-state index in [0.29, 0.717) is 31.8 Å². The molecule has 1 N–H and O–H groups in total. The Hall–Kier alpha value is -1.26. The van der Waals surface area contributed by atoms with Gasteiger partial charge >= 0.3 is 0 Å². The second kappa shape index (κ2) is 4.94. The molecule has 0 aromatic heterocycles. The molecule has 1 aromatic rings. The predicted molar refractivity (Wildman–Crippen MR) is 63.5 cm³/mol. The van der Waals surface area contributed by atoms with Crippen LogP contribution in [0.2, 0.25) is 0 Å². The van der Waals surface area contributed by atoms with Gasteiger partial charge in [-0.15, -0.1) is 0 Å². The summed E-state index contributed by atoms with van der Waals surface area (Å²) in [4.78, 5) is 0.